The lowest BCUT2D eigenvalue weighted by Crippen LogP contribution is -2.41. The molecule has 1 aromatic carbocycles. The minimum absolute atomic E-state index is 0.345. The molecule has 0 radical (unpaired) electrons. The molecule has 24 heavy (non-hydrogen) atoms. The summed E-state index contributed by atoms with van der Waals surface area (Å²) in [6.07, 6.45) is 5.58. The second kappa shape index (κ2) is 6.65. The molecule has 1 aliphatic carbocycles. The highest BCUT2D eigenvalue weighted by atomic mass is 32.1. The highest BCUT2D eigenvalue weighted by Gasteiger charge is 2.45. The molecule has 1 saturated heterocycles. The lowest BCUT2D eigenvalue weighted by molar-refractivity contribution is -0.142. The van der Waals surface area contributed by atoms with Crippen LogP contribution in [0.5, 0.6) is 0 Å². The predicted octanol–water partition coefficient (Wildman–Crippen LogP) is 4.03. The highest BCUT2D eigenvalue weighted by molar-refractivity contribution is 7.09. The molecule has 3 atom stereocenters. The van der Waals surface area contributed by atoms with Crippen molar-refractivity contribution in [3.05, 3.63) is 40.7 Å². The van der Waals surface area contributed by atoms with Crippen molar-refractivity contribution in [3.8, 4) is 11.3 Å². The molecule has 2 fully saturated rings. The summed E-state index contributed by atoms with van der Waals surface area (Å²) in [6, 6.07) is 10.2. The van der Waals surface area contributed by atoms with Crippen LogP contribution in [0.25, 0.3) is 11.3 Å². The minimum Gasteiger partial charge on any atom is -0.480 e. The third kappa shape index (κ3) is 2.98. The molecule has 4 nitrogen and oxygen atoms in total. The van der Waals surface area contributed by atoms with Crippen LogP contribution in [-0.4, -0.2) is 33.0 Å². The molecule has 1 aliphatic heterocycles. The number of thiazole rings is 1. The van der Waals surface area contributed by atoms with Crippen LogP contribution in [0, 0.1) is 5.92 Å². The zero-order valence-electron chi connectivity index (χ0n) is 13.6. The smallest absolute Gasteiger partial charge is 0.320 e. The fourth-order valence-electron chi connectivity index (χ4n) is 4.30. The number of aliphatic carboxylic acids is 1. The third-order valence-electron chi connectivity index (χ3n) is 5.45. The average Bonchev–Trinajstić information content (AvgIpc) is 3.21. The summed E-state index contributed by atoms with van der Waals surface area (Å²) in [5, 5.41) is 12.7. The minimum atomic E-state index is -0.677. The van der Waals surface area contributed by atoms with Gasteiger partial charge in [-0.25, -0.2) is 4.98 Å². The van der Waals surface area contributed by atoms with E-state index in [1.807, 2.05) is 18.2 Å². The van der Waals surface area contributed by atoms with E-state index in [0.29, 0.717) is 18.5 Å². The summed E-state index contributed by atoms with van der Waals surface area (Å²) in [6.45, 7) is 0.662. The van der Waals surface area contributed by atoms with Crippen LogP contribution in [0.2, 0.25) is 0 Å². The Morgan fingerprint density at radius 1 is 1.25 bits per heavy atom. The van der Waals surface area contributed by atoms with E-state index in [-0.39, 0.29) is 6.04 Å². The second-order valence-corrected chi connectivity index (χ2v) is 7.81. The molecule has 1 N–H and O–H groups in total. The first-order chi connectivity index (χ1) is 11.7. The van der Waals surface area contributed by atoms with Crippen LogP contribution in [0.15, 0.2) is 35.7 Å². The van der Waals surface area contributed by atoms with Gasteiger partial charge in [0, 0.05) is 17.0 Å². The van der Waals surface area contributed by atoms with E-state index in [4.69, 9.17) is 4.98 Å². The summed E-state index contributed by atoms with van der Waals surface area (Å²) < 4.78 is 0. The molecule has 4 rings (SSSR count). The summed E-state index contributed by atoms with van der Waals surface area (Å²) in [5.74, 6) is -0.127. The predicted molar refractivity (Wildman–Crippen MR) is 94.9 cm³/mol. The van der Waals surface area contributed by atoms with E-state index in [2.05, 4.69) is 22.4 Å². The molecular weight excluding hydrogens is 320 g/mol. The quantitative estimate of drug-likeness (QED) is 0.911. The van der Waals surface area contributed by atoms with Gasteiger partial charge in [-0.05, 0) is 25.2 Å². The van der Waals surface area contributed by atoms with Crippen molar-refractivity contribution in [2.24, 2.45) is 5.92 Å². The number of carboxylic acid groups (broad SMARTS) is 1. The number of benzene rings is 1. The number of aromatic nitrogens is 1. The topological polar surface area (TPSA) is 53.4 Å². The van der Waals surface area contributed by atoms with Crippen LogP contribution < -0.4 is 0 Å². The highest BCUT2D eigenvalue weighted by Crippen LogP contribution is 2.41. The number of hydrogen-bond donors (Lipinski definition) is 1. The number of carboxylic acids is 1. The summed E-state index contributed by atoms with van der Waals surface area (Å²) >= 11 is 1.64. The molecule has 2 aromatic rings. The Bertz CT molecular complexity index is 715. The molecule has 2 heterocycles. The van der Waals surface area contributed by atoms with Gasteiger partial charge in [0.1, 0.15) is 11.0 Å². The van der Waals surface area contributed by atoms with Gasteiger partial charge >= 0.3 is 5.97 Å². The molecule has 1 aromatic heterocycles. The molecular formula is C19H22N2O2S. The van der Waals surface area contributed by atoms with Gasteiger partial charge in [-0.1, -0.05) is 43.2 Å². The lowest BCUT2D eigenvalue weighted by Gasteiger charge is -2.32. The Morgan fingerprint density at radius 3 is 2.83 bits per heavy atom. The second-order valence-electron chi connectivity index (χ2n) is 6.87. The Hall–Kier alpha value is -1.72. The van der Waals surface area contributed by atoms with Gasteiger partial charge in [-0.3, -0.25) is 9.69 Å². The number of carbonyl (C=O) groups is 1. The van der Waals surface area contributed by atoms with Crippen molar-refractivity contribution in [1.82, 2.24) is 9.88 Å². The molecule has 0 amide bonds. The van der Waals surface area contributed by atoms with Crippen LogP contribution in [-0.2, 0) is 11.3 Å². The SMILES string of the molecule is O=C(O)C1CC2CCCCC2N1Cc1nc(-c2ccccc2)cs1. The van der Waals surface area contributed by atoms with Crippen molar-refractivity contribution < 1.29 is 9.90 Å². The molecule has 0 spiro atoms. The first-order valence-corrected chi connectivity index (χ1v) is 9.58. The van der Waals surface area contributed by atoms with Gasteiger partial charge in [0.2, 0.25) is 0 Å². The largest absolute Gasteiger partial charge is 0.480 e. The number of fused-ring (bicyclic) bond motifs is 1. The van der Waals surface area contributed by atoms with E-state index < -0.39 is 5.97 Å². The van der Waals surface area contributed by atoms with E-state index in [9.17, 15) is 9.90 Å². The molecule has 126 valence electrons. The van der Waals surface area contributed by atoms with Gasteiger partial charge in [0.15, 0.2) is 0 Å². The Balaban J connectivity index is 1.55. The molecule has 1 saturated carbocycles. The monoisotopic (exact) mass is 342 g/mol. The number of hydrogen-bond acceptors (Lipinski definition) is 4. The van der Waals surface area contributed by atoms with Crippen molar-refractivity contribution in [2.45, 2.75) is 50.7 Å². The number of rotatable bonds is 4. The molecule has 0 bridgehead atoms. The average molecular weight is 342 g/mol. The summed E-state index contributed by atoms with van der Waals surface area (Å²) in [4.78, 5) is 18.7. The lowest BCUT2D eigenvalue weighted by atomic mass is 9.85. The standard InChI is InChI=1S/C19H22N2O2S/c22-19(23)17-10-14-8-4-5-9-16(14)21(17)11-18-20-15(12-24-18)13-6-2-1-3-7-13/h1-3,6-7,12,14,16-17H,4-5,8-11H2,(H,22,23). The van der Waals surface area contributed by atoms with Crippen LogP contribution in [0.3, 0.4) is 0 Å². The van der Waals surface area contributed by atoms with Crippen molar-refractivity contribution >= 4 is 17.3 Å². The first-order valence-electron chi connectivity index (χ1n) is 8.71. The van der Waals surface area contributed by atoms with Crippen molar-refractivity contribution in [2.75, 3.05) is 0 Å². The van der Waals surface area contributed by atoms with Gasteiger partial charge in [-0.2, -0.15) is 0 Å². The van der Waals surface area contributed by atoms with Crippen LogP contribution in [0.4, 0.5) is 0 Å². The van der Waals surface area contributed by atoms with Gasteiger partial charge < -0.3 is 5.11 Å². The number of nitrogens with zero attached hydrogens (tertiary/aromatic N) is 2. The van der Waals surface area contributed by atoms with E-state index in [1.54, 1.807) is 11.3 Å². The summed E-state index contributed by atoms with van der Waals surface area (Å²) in [5.41, 5.74) is 2.11. The molecule has 2 aliphatic rings. The maximum atomic E-state index is 11.7. The Labute approximate surface area is 146 Å². The zero-order valence-corrected chi connectivity index (χ0v) is 14.4. The maximum Gasteiger partial charge on any atom is 0.320 e. The molecule has 5 heteroatoms. The Kier molecular flexibility index (Phi) is 4.37. The van der Waals surface area contributed by atoms with Crippen LogP contribution in [0.1, 0.15) is 37.1 Å². The van der Waals surface area contributed by atoms with Gasteiger partial charge in [0.05, 0.1) is 12.2 Å². The normalized spacial score (nSPS) is 27.1. The van der Waals surface area contributed by atoms with Gasteiger partial charge in [-0.15, -0.1) is 11.3 Å². The fraction of sp³-hybridized carbons (Fsp3) is 0.474. The van der Waals surface area contributed by atoms with E-state index in [1.165, 1.54) is 19.3 Å². The van der Waals surface area contributed by atoms with Crippen LogP contribution >= 0.6 is 11.3 Å². The third-order valence-corrected chi connectivity index (χ3v) is 6.28. The fourth-order valence-corrected chi connectivity index (χ4v) is 5.12. The Morgan fingerprint density at radius 2 is 2.04 bits per heavy atom. The van der Waals surface area contributed by atoms with Crippen molar-refractivity contribution in [1.29, 1.82) is 0 Å². The first kappa shape index (κ1) is 15.8. The number of likely N-dealkylation sites (tertiary alicyclic amines) is 1. The van der Waals surface area contributed by atoms with E-state index >= 15 is 0 Å². The molecule has 3 unspecified atom stereocenters. The zero-order chi connectivity index (χ0) is 16.5. The maximum absolute atomic E-state index is 11.7. The van der Waals surface area contributed by atoms with E-state index in [0.717, 1.165) is 29.1 Å². The van der Waals surface area contributed by atoms with Gasteiger partial charge in [0.25, 0.3) is 0 Å². The van der Waals surface area contributed by atoms with Crippen molar-refractivity contribution in [3.63, 3.8) is 0 Å². The summed E-state index contributed by atoms with van der Waals surface area (Å²) in [7, 11) is 0.